The molecular formula is C13H18N8O5S. The molecule has 2 N–H and O–H groups in total. The predicted octanol–water partition coefficient (Wildman–Crippen LogP) is -0.438. The van der Waals surface area contributed by atoms with Gasteiger partial charge in [0.1, 0.15) is 0 Å². The molecule has 0 unspecified atom stereocenters. The van der Waals surface area contributed by atoms with Crippen LogP contribution in [0.5, 0.6) is 12.0 Å². The van der Waals surface area contributed by atoms with Crippen LogP contribution in [0.1, 0.15) is 11.4 Å². The van der Waals surface area contributed by atoms with E-state index >= 15 is 0 Å². The molecule has 14 heteroatoms. The van der Waals surface area contributed by atoms with E-state index in [1.54, 1.807) is 19.9 Å². The first-order valence-electron chi connectivity index (χ1n) is 7.35. The van der Waals surface area contributed by atoms with E-state index in [9.17, 15) is 13.2 Å². The van der Waals surface area contributed by atoms with E-state index in [2.05, 4.69) is 24.9 Å². The molecule has 2 aromatic rings. The third-order valence-electron chi connectivity index (χ3n) is 3.16. The lowest BCUT2D eigenvalue weighted by atomic mass is 10.4. The minimum Gasteiger partial charge on any atom is -0.467 e. The number of carbonyl (C=O) groups is 1. The summed E-state index contributed by atoms with van der Waals surface area (Å²) in [5, 5.41) is 0. The zero-order valence-corrected chi connectivity index (χ0v) is 16.1. The summed E-state index contributed by atoms with van der Waals surface area (Å²) in [5.74, 6) is -0.769. The Bertz CT molecular complexity index is 925. The van der Waals surface area contributed by atoms with Crippen molar-refractivity contribution in [1.82, 2.24) is 24.9 Å². The molecule has 0 aliphatic carbocycles. The molecular weight excluding hydrogens is 380 g/mol. The van der Waals surface area contributed by atoms with Gasteiger partial charge in [-0.15, -0.1) is 9.29 Å². The van der Waals surface area contributed by atoms with Gasteiger partial charge in [0.2, 0.25) is 5.95 Å². The van der Waals surface area contributed by atoms with Crippen molar-refractivity contribution < 1.29 is 22.7 Å². The van der Waals surface area contributed by atoms with Gasteiger partial charge in [0.15, 0.2) is 0 Å². The smallest absolute Gasteiger partial charge is 0.339 e. The SMILES string of the molecule is COc1nc(OC)nc(N(C(N)=O)S(=O)(=O)N(C)c2nc(C)cc(C)n2)n1. The first-order chi connectivity index (χ1) is 12.6. The van der Waals surface area contributed by atoms with Gasteiger partial charge in [0, 0.05) is 18.4 Å². The Labute approximate surface area is 155 Å². The monoisotopic (exact) mass is 398 g/mol. The molecule has 0 bridgehead atoms. The molecule has 0 saturated heterocycles. The summed E-state index contributed by atoms with van der Waals surface area (Å²) in [6.07, 6.45) is 0. The number of ether oxygens (including phenoxy) is 2. The summed E-state index contributed by atoms with van der Waals surface area (Å²) in [6.45, 7) is 3.35. The lowest BCUT2D eigenvalue weighted by molar-refractivity contribution is 0.256. The van der Waals surface area contributed by atoms with E-state index in [0.717, 1.165) is 7.05 Å². The molecule has 0 aromatic carbocycles. The fourth-order valence-electron chi connectivity index (χ4n) is 1.99. The molecule has 0 aliphatic heterocycles. The second-order valence-electron chi connectivity index (χ2n) is 5.14. The van der Waals surface area contributed by atoms with Crippen molar-refractivity contribution in [3.63, 3.8) is 0 Å². The first kappa shape index (κ1) is 20.0. The standard InChI is InChI=1S/C13H18N8O5S/c1-7-6-8(2)16-10(15-7)20(3)27(23,24)21(9(14)22)11-17-12(25-4)19-13(18-11)26-5/h6H,1-5H3,(H2,14,22). The minimum absolute atomic E-state index is 0.160. The molecule has 0 aliphatic rings. The lowest BCUT2D eigenvalue weighted by Crippen LogP contribution is -2.49. The quantitative estimate of drug-likeness (QED) is 0.673. The maximum absolute atomic E-state index is 13.0. The highest BCUT2D eigenvalue weighted by atomic mass is 32.2. The number of anilines is 2. The van der Waals surface area contributed by atoms with Crippen LogP contribution in [0, 0.1) is 13.8 Å². The highest BCUT2D eigenvalue weighted by Gasteiger charge is 2.36. The van der Waals surface area contributed by atoms with Crippen molar-refractivity contribution in [3.05, 3.63) is 17.5 Å². The number of rotatable bonds is 6. The summed E-state index contributed by atoms with van der Waals surface area (Å²) >= 11 is 0. The molecule has 0 atom stereocenters. The van der Waals surface area contributed by atoms with Gasteiger partial charge >= 0.3 is 28.3 Å². The lowest BCUT2D eigenvalue weighted by Gasteiger charge is -2.25. The number of nitrogens with zero attached hydrogens (tertiary/aromatic N) is 7. The van der Waals surface area contributed by atoms with Gasteiger partial charge in [-0.1, -0.05) is 0 Å². The van der Waals surface area contributed by atoms with Gasteiger partial charge < -0.3 is 15.2 Å². The number of nitrogens with two attached hydrogens (primary N) is 1. The molecule has 2 amide bonds. The number of hydrogen-bond acceptors (Lipinski definition) is 10. The van der Waals surface area contributed by atoms with E-state index < -0.39 is 22.2 Å². The van der Waals surface area contributed by atoms with Crippen LogP contribution in [-0.2, 0) is 10.2 Å². The van der Waals surface area contributed by atoms with Crippen LogP contribution in [0.15, 0.2) is 6.07 Å². The summed E-state index contributed by atoms with van der Waals surface area (Å²) in [7, 11) is -0.930. The molecule has 13 nitrogen and oxygen atoms in total. The zero-order valence-electron chi connectivity index (χ0n) is 15.2. The number of aryl methyl sites for hydroxylation is 2. The molecule has 0 radical (unpaired) electrons. The van der Waals surface area contributed by atoms with Crippen LogP contribution in [-0.4, -0.2) is 60.6 Å². The molecule has 27 heavy (non-hydrogen) atoms. The Morgan fingerprint density at radius 3 is 1.85 bits per heavy atom. The zero-order chi connectivity index (χ0) is 20.4. The molecule has 146 valence electrons. The average molecular weight is 398 g/mol. The molecule has 0 fully saturated rings. The maximum Gasteiger partial charge on any atom is 0.339 e. The Kier molecular flexibility index (Phi) is 5.58. The van der Waals surface area contributed by atoms with Crippen molar-refractivity contribution in [3.8, 4) is 12.0 Å². The van der Waals surface area contributed by atoms with Crippen LogP contribution >= 0.6 is 0 Å². The number of primary amides is 1. The fourth-order valence-corrected chi connectivity index (χ4v) is 3.04. The maximum atomic E-state index is 13.0. The highest BCUT2D eigenvalue weighted by molar-refractivity contribution is 7.94. The summed E-state index contributed by atoms with van der Waals surface area (Å²) in [4.78, 5) is 31.3. The number of methoxy groups -OCH3 is 2. The average Bonchev–Trinajstić information content (AvgIpc) is 2.59. The molecule has 0 spiro atoms. The van der Waals surface area contributed by atoms with Gasteiger partial charge in [0.05, 0.1) is 14.2 Å². The van der Waals surface area contributed by atoms with Crippen LogP contribution in [0.25, 0.3) is 0 Å². The van der Waals surface area contributed by atoms with Crippen LogP contribution in [0.4, 0.5) is 16.7 Å². The van der Waals surface area contributed by atoms with Crippen molar-refractivity contribution in [1.29, 1.82) is 0 Å². The Morgan fingerprint density at radius 2 is 1.44 bits per heavy atom. The van der Waals surface area contributed by atoms with E-state index in [-0.39, 0.29) is 22.3 Å². The van der Waals surface area contributed by atoms with E-state index in [1.165, 1.54) is 14.2 Å². The van der Waals surface area contributed by atoms with Crippen molar-refractivity contribution in [2.24, 2.45) is 5.73 Å². The van der Waals surface area contributed by atoms with Gasteiger partial charge in [0.25, 0.3) is 5.95 Å². The van der Waals surface area contributed by atoms with Gasteiger partial charge in [-0.05, 0) is 19.9 Å². The third-order valence-corrected chi connectivity index (χ3v) is 4.82. The van der Waals surface area contributed by atoms with Gasteiger partial charge in [-0.2, -0.15) is 18.4 Å². The predicted molar refractivity (Wildman–Crippen MR) is 93.8 cm³/mol. The highest BCUT2D eigenvalue weighted by Crippen LogP contribution is 2.22. The second-order valence-corrected chi connectivity index (χ2v) is 6.95. The molecule has 0 saturated carbocycles. The van der Waals surface area contributed by atoms with Crippen molar-refractivity contribution >= 4 is 28.1 Å². The summed E-state index contributed by atoms with van der Waals surface area (Å²) in [5.41, 5.74) is 6.34. The Hall–Kier alpha value is -3.29. The van der Waals surface area contributed by atoms with Gasteiger partial charge in [-0.3, -0.25) is 0 Å². The fraction of sp³-hybridized carbons (Fsp3) is 0.385. The summed E-state index contributed by atoms with van der Waals surface area (Å²) in [6, 6.07) is -0.244. The van der Waals surface area contributed by atoms with Crippen molar-refractivity contribution in [2.75, 3.05) is 29.9 Å². The number of amides is 2. The number of hydrogen-bond donors (Lipinski definition) is 1. The van der Waals surface area contributed by atoms with E-state index in [4.69, 9.17) is 15.2 Å². The number of carbonyl (C=O) groups excluding carboxylic acids is 1. The van der Waals surface area contributed by atoms with Crippen molar-refractivity contribution in [2.45, 2.75) is 13.8 Å². The number of aromatic nitrogens is 5. The third kappa shape index (κ3) is 4.11. The molecule has 2 heterocycles. The number of urea groups is 1. The second kappa shape index (κ2) is 7.53. The van der Waals surface area contributed by atoms with Gasteiger partial charge in [-0.25, -0.2) is 19.1 Å². The summed E-state index contributed by atoms with van der Waals surface area (Å²) < 4.78 is 36.5. The van der Waals surface area contributed by atoms with Crippen LogP contribution in [0.3, 0.4) is 0 Å². The first-order valence-corrected chi connectivity index (χ1v) is 8.74. The van der Waals surface area contributed by atoms with Crippen LogP contribution in [0.2, 0.25) is 0 Å². The Morgan fingerprint density at radius 1 is 0.963 bits per heavy atom. The topological polar surface area (TPSA) is 167 Å². The minimum atomic E-state index is -4.59. The van der Waals surface area contributed by atoms with Crippen LogP contribution < -0.4 is 23.8 Å². The normalized spacial score (nSPS) is 11.0. The molecule has 2 rings (SSSR count). The molecule has 2 aromatic heterocycles. The Balaban J connectivity index is 2.59. The van der Waals surface area contributed by atoms with E-state index in [0.29, 0.717) is 15.7 Å². The largest absolute Gasteiger partial charge is 0.467 e. The van der Waals surface area contributed by atoms with E-state index in [1.807, 2.05) is 0 Å².